The first-order valence-corrected chi connectivity index (χ1v) is 10.0. The molecule has 0 saturated carbocycles. The summed E-state index contributed by atoms with van der Waals surface area (Å²) >= 11 is 0. The van der Waals surface area contributed by atoms with E-state index in [0.29, 0.717) is 31.0 Å². The molecule has 2 aromatic rings. The molecular formula is C23H28N2O5. The summed E-state index contributed by atoms with van der Waals surface area (Å²) in [6, 6.07) is 14.5. The Balaban J connectivity index is 1.56. The zero-order chi connectivity index (χ0) is 21.5. The van der Waals surface area contributed by atoms with E-state index in [1.54, 1.807) is 19.1 Å². The summed E-state index contributed by atoms with van der Waals surface area (Å²) < 4.78 is 10.6. The van der Waals surface area contributed by atoms with E-state index in [0.717, 1.165) is 11.1 Å². The zero-order valence-electron chi connectivity index (χ0n) is 17.3. The fourth-order valence-corrected chi connectivity index (χ4v) is 3.67. The highest BCUT2D eigenvalue weighted by Gasteiger charge is 2.34. The van der Waals surface area contributed by atoms with Gasteiger partial charge in [0.15, 0.2) is 11.5 Å². The average molecular weight is 412 g/mol. The second-order valence-corrected chi connectivity index (χ2v) is 7.33. The number of carbonyl (C=O) groups is 2. The molecule has 0 aromatic heterocycles. The number of aliphatic hydroxyl groups excluding tert-OH is 1. The fraction of sp³-hybridized carbons (Fsp3) is 0.391. The van der Waals surface area contributed by atoms with Crippen LogP contribution in [0.25, 0.3) is 0 Å². The molecule has 0 radical (unpaired) electrons. The summed E-state index contributed by atoms with van der Waals surface area (Å²) in [7, 11) is 3.18. The Labute approximate surface area is 176 Å². The molecule has 0 bridgehead atoms. The molecule has 160 valence electrons. The van der Waals surface area contributed by atoms with Crippen LogP contribution in [0.1, 0.15) is 23.6 Å². The molecule has 2 amide bonds. The molecule has 1 saturated heterocycles. The molecule has 3 rings (SSSR count). The van der Waals surface area contributed by atoms with Gasteiger partial charge in [-0.3, -0.25) is 9.59 Å². The molecule has 1 aliphatic rings. The van der Waals surface area contributed by atoms with E-state index in [-0.39, 0.29) is 24.8 Å². The summed E-state index contributed by atoms with van der Waals surface area (Å²) in [4.78, 5) is 26.8. The van der Waals surface area contributed by atoms with Gasteiger partial charge in [-0.15, -0.1) is 0 Å². The number of nitrogens with zero attached hydrogens (tertiary/aromatic N) is 1. The summed E-state index contributed by atoms with van der Waals surface area (Å²) in [6.07, 6.45) is 0.842. The first kappa shape index (κ1) is 21.6. The van der Waals surface area contributed by atoms with Crippen LogP contribution in [0.15, 0.2) is 48.5 Å². The van der Waals surface area contributed by atoms with Crippen LogP contribution < -0.4 is 14.8 Å². The Kier molecular flexibility index (Phi) is 7.30. The summed E-state index contributed by atoms with van der Waals surface area (Å²) in [5.74, 6) is 0.652. The van der Waals surface area contributed by atoms with Gasteiger partial charge >= 0.3 is 0 Å². The number of aliphatic hydroxyl groups is 1. The van der Waals surface area contributed by atoms with Crippen LogP contribution in [0.2, 0.25) is 0 Å². The molecule has 30 heavy (non-hydrogen) atoms. The summed E-state index contributed by atoms with van der Waals surface area (Å²) in [5, 5.41) is 12.5. The third-order valence-electron chi connectivity index (χ3n) is 5.40. The number of methoxy groups -OCH3 is 2. The predicted octanol–water partition coefficient (Wildman–Crippen LogP) is 1.94. The van der Waals surface area contributed by atoms with E-state index in [1.165, 1.54) is 0 Å². The average Bonchev–Trinajstić information content (AvgIpc) is 3.16. The lowest BCUT2D eigenvalue weighted by Crippen LogP contribution is -2.37. The van der Waals surface area contributed by atoms with Crippen LogP contribution in [0.3, 0.4) is 0 Å². The van der Waals surface area contributed by atoms with Gasteiger partial charge in [0.05, 0.1) is 32.8 Å². The van der Waals surface area contributed by atoms with Crippen LogP contribution in [0.4, 0.5) is 0 Å². The second kappa shape index (κ2) is 10.1. The number of nitrogens with one attached hydrogen (secondary N) is 1. The molecule has 1 heterocycles. The molecule has 2 N–H and O–H groups in total. The Hall–Kier alpha value is -3.06. The van der Waals surface area contributed by atoms with Gasteiger partial charge < -0.3 is 24.8 Å². The third-order valence-corrected chi connectivity index (χ3v) is 5.40. The highest BCUT2D eigenvalue weighted by atomic mass is 16.5. The Morgan fingerprint density at radius 2 is 1.90 bits per heavy atom. The second-order valence-electron chi connectivity index (χ2n) is 7.33. The van der Waals surface area contributed by atoms with Crippen molar-refractivity contribution in [2.75, 3.05) is 33.9 Å². The van der Waals surface area contributed by atoms with E-state index in [2.05, 4.69) is 5.32 Å². The number of ether oxygens (including phenoxy) is 2. The molecule has 1 fully saturated rings. The molecule has 2 unspecified atom stereocenters. The predicted molar refractivity (Wildman–Crippen MR) is 112 cm³/mol. The van der Waals surface area contributed by atoms with E-state index in [4.69, 9.17) is 9.47 Å². The molecule has 2 atom stereocenters. The van der Waals surface area contributed by atoms with Gasteiger partial charge in [0, 0.05) is 19.5 Å². The van der Waals surface area contributed by atoms with Gasteiger partial charge in [-0.1, -0.05) is 36.4 Å². The van der Waals surface area contributed by atoms with Gasteiger partial charge in [0.25, 0.3) is 0 Å². The van der Waals surface area contributed by atoms with Crippen molar-refractivity contribution in [3.05, 3.63) is 59.7 Å². The number of benzene rings is 2. The molecular weight excluding hydrogens is 384 g/mol. The molecule has 2 aromatic carbocycles. The standard InChI is InChI=1S/C23H28N2O5/c1-29-20-9-8-16(12-21(20)30-2)10-11-25-14-18(13-22(25)27)23(28)24-19(15-26)17-6-4-3-5-7-17/h3-9,12,18-19,26H,10-11,13-15H2,1-2H3,(H,24,28). The molecule has 0 aliphatic carbocycles. The van der Waals surface area contributed by atoms with Gasteiger partial charge in [0.1, 0.15) is 0 Å². The normalized spacial score (nSPS) is 17.0. The molecule has 1 aliphatic heterocycles. The van der Waals surface area contributed by atoms with Crippen molar-refractivity contribution >= 4 is 11.8 Å². The van der Waals surface area contributed by atoms with E-state index in [1.807, 2.05) is 48.5 Å². The zero-order valence-corrected chi connectivity index (χ0v) is 17.3. The monoisotopic (exact) mass is 412 g/mol. The van der Waals surface area contributed by atoms with Crippen LogP contribution in [0, 0.1) is 5.92 Å². The minimum absolute atomic E-state index is 0.0316. The maximum absolute atomic E-state index is 12.7. The molecule has 7 nitrogen and oxygen atoms in total. The van der Waals surface area contributed by atoms with E-state index < -0.39 is 12.0 Å². The van der Waals surface area contributed by atoms with Crippen LogP contribution >= 0.6 is 0 Å². The molecule has 0 spiro atoms. The van der Waals surface area contributed by atoms with Crippen molar-refractivity contribution in [1.82, 2.24) is 10.2 Å². The highest BCUT2D eigenvalue weighted by molar-refractivity contribution is 5.89. The summed E-state index contributed by atoms with van der Waals surface area (Å²) in [6.45, 7) is 0.713. The topological polar surface area (TPSA) is 88.1 Å². The lowest BCUT2D eigenvalue weighted by Gasteiger charge is -2.20. The largest absolute Gasteiger partial charge is 0.493 e. The fourth-order valence-electron chi connectivity index (χ4n) is 3.67. The number of amides is 2. The summed E-state index contributed by atoms with van der Waals surface area (Å²) in [5.41, 5.74) is 1.86. The maximum Gasteiger partial charge on any atom is 0.225 e. The van der Waals surface area contributed by atoms with Crippen LogP contribution in [0.5, 0.6) is 11.5 Å². The van der Waals surface area contributed by atoms with Crippen molar-refractivity contribution in [3.8, 4) is 11.5 Å². The quantitative estimate of drug-likeness (QED) is 0.657. The lowest BCUT2D eigenvalue weighted by molar-refractivity contribution is -0.129. The minimum atomic E-state index is -0.477. The first-order valence-electron chi connectivity index (χ1n) is 10.0. The third kappa shape index (κ3) is 5.10. The van der Waals surface area contributed by atoms with Crippen molar-refractivity contribution in [1.29, 1.82) is 0 Å². The van der Waals surface area contributed by atoms with Gasteiger partial charge in [-0.05, 0) is 29.7 Å². The molecule has 7 heteroatoms. The Bertz CT molecular complexity index is 871. The number of rotatable bonds is 9. The number of carbonyl (C=O) groups excluding carboxylic acids is 2. The van der Waals surface area contributed by atoms with Crippen molar-refractivity contribution in [2.24, 2.45) is 5.92 Å². The first-order chi connectivity index (χ1) is 14.5. The lowest BCUT2D eigenvalue weighted by atomic mass is 10.0. The van der Waals surface area contributed by atoms with Crippen LogP contribution in [-0.4, -0.2) is 55.7 Å². The number of hydrogen-bond acceptors (Lipinski definition) is 5. The van der Waals surface area contributed by atoms with E-state index >= 15 is 0 Å². The van der Waals surface area contributed by atoms with Crippen molar-refractivity contribution in [2.45, 2.75) is 18.9 Å². The van der Waals surface area contributed by atoms with Gasteiger partial charge in [0.2, 0.25) is 11.8 Å². The minimum Gasteiger partial charge on any atom is -0.493 e. The number of likely N-dealkylation sites (tertiary alicyclic amines) is 1. The Morgan fingerprint density at radius 3 is 2.57 bits per heavy atom. The van der Waals surface area contributed by atoms with Crippen molar-refractivity contribution < 1.29 is 24.2 Å². The maximum atomic E-state index is 12.7. The number of hydrogen-bond donors (Lipinski definition) is 2. The SMILES string of the molecule is COc1ccc(CCN2CC(C(=O)NC(CO)c3ccccc3)CC2=O)cc1OC. The Morgan fingerprint density at radius 1 is 1.17 bits per heavy atom. The van der Waals surface area contributed by atoms with Crippen LogP contribution in [-0.2, 0) is 16.0 Å². The van der Waals surface area contributed by atoms with Crippen molar-refractivity contribution in [3.63, 3.8) is 0 Å². The highest BCUT2D eigenvalue weighted by Crippen LogP contribution is 2.28. The smallest absolute Gasteiger partial charge is 0.225 e. The van der Waals surface area contributed by atoms with Gasteiger partial charge in [-0.25, -0.2) is 0 Å². The van der Waals surface area contributed by atoms with Gasteiger partial charge in [-0.2, -0.15) is 0 Å². The van der Waals surface area contributed by atoms with E-state index in [9.17, 15) is 14.7 Å².